The minimum Gasteiger partial charge on any atom is -0.310 e. The molecule has 0 N–H and O–H groups in total. The number of anilines is 1. The van der Waals surface area contributed by atoms with E-state index in [4.69, 9.17) is 0 Å². The van der Waals surface area contributed by atoms with Crippen molar-refractivity contribution in [2.24, 2.45) is 0 Å². The van der Waals surface area contributed by atoms with E-state index < -0.39 is 16.0 Å². The van der Waals surface area contributed by atoms with Crippen molar-refractivity contribution < 1.29 is 13.8 Å². The Morgan fingerprint density at radius 3 is 2.63 bits per heavy atom. The lowest BCUT2D eigenvalue weighted by Crippen LogP contribution is -2.44. The Labute approximate surface area is 115 Å². The lowest BCUT2D eigenvalue weighted by molar-refractivity contribution is -0.118. The maximum Gasteiger partial charge on any atom is 0.242 e. The largest absolute Gasteiger partial charge is 0.310 e. The zero-order chi connectivity index (χ0) is 14.2. The summed E-state index contributed by atoms with van der Waals surface area (Å²) in [6.45, 7) is 5.86. The molecule has 1 amide bonds. The van der Waals surface area contributed by atoms with Gasteiger partial charge in [0.15, 0.2) is 5.78 Å². The third-order valence-corrected chi connectivity index (χ3v) is 4.98. The third-order valence-electron chi connectivity index (χ3n) is 3.36. The van der Waals surface area contributed by atoms with Crippen LogP contribution in [0.1, 0.15) is 37.6 Å². The van der Waals surface area contributed by atoms with Crippen LogP contribution >= 0.6 is 0 Å². The molecular weight excluding hydrogens is 262 g/mol. The summed E-state index contributed by atoms with van der Waals surface area (Å²) >= 11 is 0. The van der Waals surface area contributed by atoms with Gasteiger partial charge in [0.25, 0.3) is 0 Å². The molecule has 4 nitrogen and oxygen atoms in total. The van der Waals surface area contributed by atoms with Crippen molar-refractivity contribution in [1.29, 1.82) is 0 Å². The van der Waals surface area contributed by atoms with Gasteiger partial charge in [-0.2, -0.15) is 0 Å². The zero-order valence-corrected chi connectivity index (χ0v) is 12.1. The van der Waals surface area contributed by atoms with E-state index in [1.807, 2.05) is 6.92 Å². The van der Waals surface area contributed by atoms with Gasteiger partial charge in [0, 0.05) is 18.5 Å². The van der Waals surface area contributed by atoms with Crippen LogP contribution in [0.25, 0.3) is 0 Å². The molecule has 5 heteroatoms. The Hall–Kier alpha value is -1.49. The molecule has 0 aliphatic carbocycles. The highest BCUT2D eigenvalue weighted by Crippen LogP contribution is 2.33. The number of hydrogen-bond donors (Lipinski definition) is 0. The summed E-state index contributed by atoms with van der Waals surface area (Å²) < 4.78 is 12.2. The highest BCUT2D eigenvalue weighted by atomic mass is 32.2. The Bertz CT molecular complexity index is 568. The molecule has 0 saturated carbocycles. The number of ketones is 1. The number of amides is 1. The second kappa shape index (κ2) is 5.25. The number of rotatable bonds is 3. The number of fused-ring (bicyclic) bond motifs is 1. The molecule has 1 aliphatic heterocycles. The topological polar surface area (TPSA) is 54.5 Å². The molecule has 102 valence electrons. The smallest absolute Gasteiger partial charge is 0.242 e. The lowest BCUT2D eigenvalue weighted by Gasteiger charge is -2.31. The van der Waals surface area contributed by atoms with Gasteiger partial charge in [0.05, 0.1) is 21.4 Å². The van der Waals surface area contributed by atoms with Crippen molar-refractivity contribution in [2.75, 3.05) is 11.4 Å². The molecule has 2 unspecified atom stereocenters. The van der Waals surface area contributed by atoms with Crippen molar-refractivity contribution in [2.45, 2.75) is 37.3 Å². The zero-order valence-electron chi connectivity index (χ0n) is 11.3. The second-order valence-corrected chi connectivity index (χ2v) is 6.22. The van der Waals surface area contributed by atoms with E-state index in [-0.39, 0.29) is 11.7 Å². The molecule has 1 heterocycles. The summed E-state index contributed by atoms with van der Waals surface area (Å²) in [7, 11) is -1.34. The summed E-state index contributed by atoms with van der Waals surface area (Å²) in [5.74, 6) is -0.120. The molecule has 1 aliphatic rings. The van der Waals surface area contributed by atoms with E-state index in [9.17, 15) is 13.8 Å². The van der Waals surface area contributed by atoms with E-state index in [0.717, 1.165) is 0 Å². The van der Waals surface area contributed by atoms with Crippen LogP contribution in [-0.4, -0.2) is 27.7 Å². The van der Waals surface area contributed by atoms with Gasteiger partial charge in [0.1, 0.15) is 5.25 Å². The maximum atomic E-state index is 12.2. The molecule has 2 atom stereocenters. The number of carbonyl (C=O) groups is 2. The highest BCUT2D eigenvalue weighted by molar-refractivity contribution is 7.86. The SMILES string of the molecule is CCC(=O)c1ccc2c(c1)N(CC)C(=O)C(C)S2=O. The van der Waals surface area contributed by atoms with Crippen molar-refractivity contribution in [3.63, 3.8) is 0 Å². The molecule has 0 saturated heterocycles. The summed E-state index contributed by atoms with van der Waals surface area (Å²) in [6, 6.07) is 5.09. The van der Waals surface area contributed by atoms with Crippen LogP contribution in [0, 0.1) is 0 Å². The Kier molecular flexibility index (Phi) is 3.85. The third kappa shape index (κ3) is 2.23. The van der Waals surface area contributed by atoms with Gasteiger partial charge in [-0.15, -0.1) is 0 Å². The van der Waals surface area contributed by atoms with E-state index in [2.05, 4.69) is 0 Å². The van der Waals surface area contributed by atoms with Crippen LogP contribution in [0.15, 0.2) is 23.1 Å². The number of benzene rings is 1. The first kappa shape index (κ1) is 13.9. The molecule has 0 bridgehead atoms. The van der Waals surface area contributed by atoms with Gasteiger partial charge < -0.3 is 4.90 Å². The molecule has 0 aromatic heterocycles. The first-order chi connectivity index (χ1) is 9.01. The van der Waals surface area contributed by atoms with Crippen molar-refractivity contribution in [3.05, 3.63) is 23.8 Å². The first-order valence-corrected chi connectivity index (χ1v) is 7.61. The van der Waals surface area contributed by atoms with Gasteiger partial charge in [-0.3, -0.25) is 13.8 Å². The van der Waals surface area contributed by atoms with Gasteiger partial charge in [0.2, 0.25) is 5.91 Å². The normalized spacial score (nSPS) is 22.3. The summed E-state index contributed by atoms with van der Waals surface area (Å²) in [6.07, 6.45) is 0.415. The molecule has 1 aromatic carbocycles. The number of carbonyl (C=O) groups excluding carboxylic acids is 2. The lowest BCUT2D eigenvalue weighted by atomic mass is 10.1. The van der Waals surface area contributed by atoms with E-state index >= 15 is 0 Å². The Balaban J connectivity index is 2.58. The van der Waals surface area contributed by atoms with Crippen LogP contribution in [0.3, 0.4) is 0 Å². The molecule has 0 fully saturated rings. The summed E-state index contributed by atoms with van der Waals surface area (Å²) in [4.78, 5) is 26.1. The standard InChI is InChI=1S/C14H17NO3S/c1-4-12(16)10-6-7-13-11(8-10)15(5-2)14(17)9(3)19(13)18/h6-9H,4-5H2,1-3H3. The van der Waals surface area contributed by atoms with Crippen LogP contribution in [-0.2, 0) is 15.6 Å². The molecule has 19 heavy (non-hydrogen) atoms. The molecule has 0 spiro atoms. The second-order valence-electron chi connectivity index (χ2n) is 4.48. The van der Waals surface area contributed by atoms with Crippen LogP contribution in [0.2, 0.25) is 0 Å². The maximum absolute atomic E-state index is 12.2. The van der Waals surface area contributed by atoms with E-state index in [1.165, 1.54) is 0 Å². The highest BCUT2D eigenvalue weighted by Gasteiger charge is 2.35. The van der Waals surface area contributed by atoms with Crippen LogP contribution in [0.5, 0.6) is 0 Å². The molecule has 0 radical (unpaired) electrons. The molecule has 2 rings (SSSR count). The van der Waals surface area contributed by atoms with Crippen LogP contribution in [0.4, 0.5) is 5.69 Å². The Morgan fingerprint density at radius 1 is 1.37 bits per heavy atom. The first-order valence-electron chi connectivity index (χ1n) is 6.40. The fraction of sp³-hybridized carbons (Fsp3) is 0.429. The summed E-state index contributed by atoms with van der Waals surface area (Å²) in [5.41, 5.74) is 1.18. The Morgan fingerprint density at radius 2 is 2.05 bits per heavy atom. The minimum atomic E-state index is -1.34. The quantitative estimate of drug-likeness (QED) is 0.797. The average molecular weight is 279 g/mol. The van der Waals surface area contributed by atoms with E-state index in [0.29, 0.717) is 29.1 Å². The number of Topliss-reactive ketones (excluding diaryl/α,β-unsaturated/α-hetero) is 1. The van der Waals surface area contributed by atoms with Crippen molar-refractivity contribution >= 4 is 28.2 Å². The monoisotopic (exact) mass is 279 g/mol. The van der Waals surface area contributed by atoms with Gasteiger partial charge in [-0.25, -0.2) is 0 Å². The number of nitrogens with zero attached hydrogens (tertiary/aromatic N) is 1. The van der Waals surface area contributed by atoms with Crippen LogP contribution < -0.4 is 4.90 Å². The number of hydrogen-bond acceptors (Lipinski definition) is 3. The van der Waals surface area contributed by atoms with Crippen molar-refractivity contribution in [1.82, 2.24) is 0 Å². The summed E-state index contributed by atoms with van der Waals surface area (Å²) in [5, 5.41) is -0.528. The molecule has 1 aromatic rings. The average Bonchev–Trinajstić information content (AvgIpc) is 2.44. The minimum absolute atomic E-state index is 0.0238. The molecular formula is C14H17NO3S. The predicted octanol–water partition coefficient (Wildman–Crippen LogP) is 2.14. The van der Waals surface area contributed by atoms with Crippen molar-refractivity contribution in [3.8, 4) is 0 Å². The van der Waals surface area contributed by atoms with Gasteiger partial charge in [-0.05, 0) is 26.0 Å². The fourth-order valence-electron chi connectivity index (χ4n) is 2.22. The van der Waals surface area contributed by atoms with Gasteiger partial charge >= 0.3 is 0 Å². The van der Waals surface area contributed by atoms with Gasteiger partial charge in [-0.1, -0.05) is 13.0 Å². The van der Waals surface area contributed by atoms with E-state index in [1.54, 1.807) is 36.9 Å². The fourth-order valence-corrected chi connectivity index (χ4v) is 3.49. The predicted molar refractivity (Wildman–Crippen MR) is 75.0 cm³/mol.